The number of hydrogen-bond donors (Lipinski definition) is 3. The van der Waals surface area contributed by atoms with E-state index in [0.29, 0.717) is 36.1 Å². The molecule has 4 N–H and O–H groups in total. The van der Waals surface area contributed by atoms with Gasteiger partial charge in [-0.1, -0.05) is 18.5 Å². The number of aryl methyl sites for hydroxylation is 1. The van der Waals surface area contributed by atoms with Crippen LogP contribution in [0.1, 0.15) is 25.2 Å². The Balaban J connectivity index is 2.14. The van der Waals surface area contributed by atoms with Gasteiger partial charge in [0.25, 0.3) is 5.95 Å². The highest BCUT2D eigenvalue weighted by Gasteiger charge is 2.09. The maximum Gasteiger partial charge on any atom is 0.263 e. The van der Waals surface area contributed by atoms with Crippen molar-refractivity contribution in [3.8, 4) is 11.5 Å². The number of nitrogen functional groups attached to an aromatic ring is 1. The summed E-state index contributed by atoms with van der Waals surface area (Å²) in [6.07, 6.45) is 2.17. The molecule has 0 bridgehead atoms. The molecular formula is C13H17ClN6O2. The van der Waals surface area contributed by atoms with E-state index < -0.39 is 0 Å². The highest BCUT2D eigenvalue weighted by molar-refractivity contribution is 6.32. The number of aromatic hydroxyl groups is 1. The number of nitrogens with one attached hydrogen (secondary N) is 1. The Hall–Kier alpha value is -2.48. The first-order valence-electron chi connectivity index (χ1n) is 6.70. The molecule has 0 aliphatic heterocycles. The van der Waals surface area contributed by atoms with Crippen molar-refractivity contribution in [3.05, 3.63) is 28.5 Å². The van der Waals surface area contributed by atoms with Crippen molar-refractivity contribution < 1.29 is 9.84 Å². The third kappa shape index (κ3) is 3.40. The second kappa shape index (κ2) is 6.99. The first kappa shape index (κ1) is 15.9. The molecule has 8 nitrogen and oxygen atoms in total. The van der Waals surface area contributed by atoms with Crippen LogP contribution in [-0.4, -0.2) is 32.8 Å². The van der Waals surface area contributed by atoms with Crippen molar-refractivity contribution in [2.24, 2.45) is 5.10 Å². The van der Waals surface area contributed by atoms with Crippen molar-refractivity contribution >= 4 is 23.8 Å². The third-order valence-corrected chi connectivity index (χ3v) is 3.10. The Bertz CT molecular complexity index is 685. The van der Waals surface area contributed by atoms with E-state index in [1.165, 1.54) is 10.9 Å². The minimum Gasteiger partial charge on any atom is -0.503 e. The van der Waals surface area contributed by atoms with Crippen LogP contribution in [0.4, 0.5) is 5.95 Å². The van der Waals surface area contributed by atoms with Crippen LogP contribution in [0.2, 0.25) is 5.02 Å². The van der Waals surface area contributed by atoms with E-state index in [4.69, 9.17) is 22.2 Å². The third-order valence-electron chi connectivity index (χ3n) is 2.81. The number of halogens is 1. The van der Waals surface area contributed by atoms with Crippen LogP contribution in [0.5, 0.6) is 11.5 Å². The average molecular weight is 325 g/mol. The Labute approximate surface area is 132 Å². The summed E-state index contributed by atoms with van der Waals surface area (Å²) in [4.78, 5) is 0. The molecule has 2 rings (SSSR count). The van der Waals surface area contributed by atoms with E-state index >= 15 is 0 Å². The van der Waals surface area contributed by atoms with Gasteiger partial charge in [0.15, 0.2) is 17.3 Å². The second-order valence-corrected chi connectivity index (χ2v) is 4.72. The summed E-state index contributed by atoms with van der Waals surface area (Å²) >= 11 is 5.94. The van der Waals surface area contributed by atoms with Crippen molar-refractivity contribution in [3.63, 3.8) is 0 Å². The zero-order valence-electron chi connectivity index (χ0n) is 12.2. The lowest BCUT2D eigenvalue weighted by molar-refractivity contribution is 0.318. The highest BCUT2D eigenvalue weighted by atomic mass is 35.5. The monoisotopic (exact) mass is 324 g/mol. The van der Waals surface area contributed by atoms with E-state index in [1.807, 2.05) is 13.8 Å². The number of phenolic OH excluding ortho intramolecular Hbond substituents is 1. The summed E-state index contributed by atoms with van der Waals surface area (Å²) in [6.45, 7) is 4.15. The lowest BCUT2D eigenvalue weighted by Gasteiger charge is -2.08. The van der Waals surface area contributed by atoms with Gasteiger partial charge in [0.05, 0.1) is 17.8 Å². The van der Waals surface area contributed by atoms with Crippen molar-refractivity contribution in [1.29, 1.82) is 0 Å². The molecule has 0 atom stereocenters. The zero-order valence-corrected chi connectivity index (χ0v) is 13.0. The predicted octanol–water partition coefficient (Wildman–Crippen LogP) is 1.76. The van der Waals surface area contributed by atoms with Gasteiger partial charge in [-0.2, -0.15) is 5.10 Å². The quantitative estimate of drug-likeness (QED) is 0.424. The topological polar surface area (TPSA) is 111 Å². The van der Waals surface area contributed by atoms with Gasteiger partial charge in [0.2, 0.25) is 0 Å². The number of anilines is 1. The molecule has 0 saturated heterocycles. The minimum absolute atomic E-state index is 0.0945. The van der Waals surface area contributed by atoms with E-state index in [1.54, 1.807) is 12.1 Å². The van der Waals surface area contributed by atoms with Gasteiger partial charge in [-0.3, -0.25) is 0 Å². The number of rotatable bonds is 6. The smallest absolute Gasteiger partial charge is 0.263 e. The van der Waals surface area contributed by atoms with Gasteiger partial charge >= 0.3 is 0 Å². The van der Waals surface area contributed by atoms with Crippen molar-refractivity contribution in [1.82, 2.24) is 14.9 Å². The SMILES string of the molecule is CCOc1cc(/C=N\Nc2nnc(CC)n2N)cc(Cl)c1O. The molecular weight excluding hydrogens is 308 g/mol. The number of aromatic nitrogens is 3. The van der Waals surface area contributed by atoms with E-state index in [-0.39, 0.29) is 10.8 Å². The van der Waals surface area contributed by atoms with Gasteiger partial charge in [0.1, 0.15) is 0 Å². The molecule has 22 heavy (non-hydrogen) atoms. The largest absolute Gasteiger partial charge is 0.503 e. The van der Waals surface area contributed by atoms with Crippen LogP contribution in [0, 0.1) is 0 Å². The van der Waals surface area contributed by atoms with Gasteiger partial charge in [-0.25, -0.2) is 10.1 Å². The summed E-state index contributed by atoms with van der Waals surface area (Å²) in [7, 11) is 0. The van der Waals surface area contributed by atoms with Crippen molar-refractivity contribution in [2.45, 2.75) is 20.3 Å². The van der Waals surface area contributed by atoms with Gasteiger partial charge < -0.3 is 15.7 Å². The van der Waals surface area contributed by atoms with Crippen LogP contribution in [0.3, 0.4) is 0 Å². The molecule has 1 aromatic heterocycles. The predicted molar refractivity (Wildman–Crippen MR) is 85.1 cm³/mol. The fraction of sp³-hybridized carbons (Fsp3) is 0.308. The van der Waals surface area contributed by atoms with E-state index in [2.05, 4.69) is 20.7 Å². The maximum absolute atomic E-state index is 9.77. The molecule has 2 aromatic rings. The molecule has 0 fully saturated rings. The zero-order chi connectivity index (χ0) is 16.1. The molecule has 0 aliphatic carbocycles. The van der Waals surface area contributed by atoms with Gasteiger partial charge in [-0.15, -0.1) is 10.2 Å². The average Bonchev–Trinajstić information content (AvgIpc) is 2.85. The van der Waals surface area contributed by atoms with Crippen LogP contribution in [0.25, 0.3) is 0 Å². The molecule has 0 saturated carbocycles. The highest BCUT2D eigenvalue weighted by Crippen LogP contribution is 2.34. The fourth-order valence-corrected chi connectivity index (χ4v) is 1.96. The first-order chi connectivity index (χ1) is 10.6. The first-order valence-corrected chi connectivity index (χ1v) is 7.08. The number of ether oxygens (including phenoxy) is 1. The van der Waals surface area contributed by atoms with Crippen LogP contribution >= 0.6 is 11.6 Å². The van der Waals surface area contributed by atoms with Crippen molar-refractivity contribution in [2.75, 3.05) is 17.9 Å². The molecule has 0 spiro atoms. The molecule has 0 radical (unpaired) electrons. The summed E-state index contributed by atoms with van der Waals surface area (Å²) in [6, 6.07) is 3.19. The summed E-state index contributed by atoms with van der Waals surface area (Å²) in [5.41, 5.74) is 3.34. The number of nitrogens with zero attached hydrogens (tertiary/aromatic N) is 4. The lowest BCUT2D eigenvalue weighted by Crippen LogP contribution is -2.14. The summed E-state index contributed by atoms with van der Waals surface area (Å²) < 4.78 is 6.62. The fourth-order valence-electron chi connectivity index (χ4n) is 1.74. The number of hydrazone groups is 1. The molecule has 1 aromatic carbocycles. The molecule has 0 aliphatic rings. The van der Waals surface area contributed by atoms with Crippen LogP contribution < -0.4 is 16.0 Å². The Kier molecular flexibility index (Phi) is 5.05. The van der Waals surface area contributed by atoms with E-state index in [9.17, 15) is 5.11 Å². The van der Waals surface area contributed by atoms with Gasteiger partial charge in [-0.05, 0) is 24.6 Å². The summed E-state index contributed by atoms with van der Waals surface area (Å²) in [5, 5.41) is 21.7. The maximum atomic E-state index is 9.77. The van der Waals surface area contributed by atoms with E-state index in [0.717, 1.165) is 0 Å². The Morgan fingerprint density at radius 2 is 2.23 bits per heavy atom. The Morgan fingerprint density at radius 3 is 2.86 bits per heavy atom. The standard InChI is InChI=1S/C13H17ClN6O2/c1-3-11-17-19-13(20(11)15)18-16-7-8-5-9(14)12(21)10(6-8)22-4-2/h5-7,21H,3-4,15H2,1-2H3,(H,18,19)/b16-7-. The normalized spacial score (nSPS) is 11.0. The number of nitrogens with two attached hydrogens (primary N) is 1. The Morgan fingerprint density at radius 1 is 1.45 bits per heavy atom. The molecule has 118 valence electrons. The molecule has 0 amide bonds. The van der Waals surface area contributed by atoms with Crippen LogP contribution in [-0.2, 0) is 6.42 Å². The minimum atomic E-state index is -0.0945. The molecule has 9 heteroatoms. The van der Waals surface area contributed by atoms with Crippen LogP contribution in [0.15, 0.2) is 17.2 Å². The van der Waals surface area contributed by atoms with Gasteiger partial charge in [0, 0.05) is 6.42 Å². The lowest BCUT2D eigenvalue weighted by atomic mass is 10.2. The number of benzene rings is 1. The molecule has 0 unspecified atom stereocenters. The molecule has 1 heterocycles. The second-order valence-electron chi connectivity index (χ2n) is 4.32. The summed E-state index contributed by atoms with van der Waals surface area (Å²) in [5.74, 6) is 6.95. The number of phenols is 1. The number of hydrogen-bond acceptors (Lipinski definition) is 7.